The summed E-state index contributed by atoms with van der Waals surface area (Å²) in [5.41, 5.74) is 2.62. The van der Waals surface area contributed by atoms with Gasteiger partial charge in [-0.3, -0.25) is 0 Å². The lowest BCUT2D eigenvalue weighted by atomic mass is 9.93. The van der Waals surface area contributed by atoms with E-state index in [1.54, 1.807) is 20.3 Å². The van der Waals surface area contributed by atoms with Crippen LogP contribution in [0.15, 0.2) is 72.8 Å². The summed E-state index contributed by atoms with van der Waals surface area (Å²) in [6.07, 6.45) is 8.07. The average molecular weight is 361 g/mol. The van der Waals surface area contributed by atoms with Gasteiger partial charge in [-0.05, 0) is 35.5 Å². The second kappa shape index (κ2) is 13.2. The van der Waals surface area contributed by atoms with Gasteiger partial charge in [0.25, 0.3) is 0 Å². The Hall–Kier alpha value is -2.00. The molecule has 0 saturated carbocycles. The highest BCUT2D eigenvalue weighted by Crippen LogP contribution is 2.21. The smallest absolute Gasteiger partial charge is 0.161 e. The molecule has 0 aliphatic carbocycles. The molecule has 0 N–H and O–H groups in total. The predicted octanol–water partition coefficient (Wildman–Crippen LogP) is 5.99. The van der Waals surface area contributed by atoms with Crippen molar-refractivity contribution in [1.82, 2.24) is 0 Å². The summed E-state index contributed by atoms with van der Waals surface area (Å²) < 4.78 is 15.8. The summed E-state index contributed by atoms with van der Waals surface area (Å²) in [6.45, 7) is 23.7. The Labute approximate surface area is 160 Å². The second-order valence-corrected chi connectivity index (χ2v) is 6.81. The van der Waals surface area contributed by atoms with Gasteiger partial charge >= 0.3 is 0 Å². The van der Waals surface area contributed by atoms with Gasteiger partial charge in [0.15, 0.2) is 11.5 Å². The monoisotopic (exact) mass is 360 g/mol. The highest BCUT2D eigenvalue weighted by atomic mass is 16.5. The molecule has 0 radical (unpaired) electrons. The average Bonchev–Trinajstić information content (AvgIpc) is 2.61. The fourth-order valence-corrected chi connectivity index (χ4v) is 2.04. The quantitative estimate of drug-likeness (QED) is 0.216. The highest BCUT2D eigenvalue weighted by Gasteiger charge is 2.08. The van der Waals surface area contributed by atoms with Crippen LogP contribution in [-0.2, 0) is 14.2 Å². The van der Waals surface area contributed by atoms with Crippen LogP contribution in [0, 0.1) is 11.8 Å². The van der Waals surface area contributed by atoms with Crippen molar-refractivity contribution in [2.24, 2.45) is 11.8 Å². The van der Waals surface area contributed by atoms with Gasteiger partial charge in [0.05, 0.1) is 13.7 Å². The lowest BCUT2D eigenvalue weighted by Gasteiger charge is -2.14. The SMILES string of the molecule is C=C(/C=C\C(=C)C(C)CCC(C)C)C(=C)/C=C(/OCCOC)C(=C)OC. The molecule has 0 aromatic rings. The molecule has 0 saturated heterocycles. The van der Waals surface area contributed by atoms with Crippen molar-refractivity contribution in [3.05, 3.63) is 72.8 Å². The Morgan fingerprint density at radius 3 is 2.08 bits per heavy atom. The van der Waals surface area contributed by atoms with Crippen molar-refractivity contribution in [3.63, 3.8) is 0 Å². The Balaban J connectivity index is 4.86. The Bertz CT molecular complexity index is 550. The standard InChI is InChI=1S/C23H36O3/c1-17(2)10-11-18(3)19(4)12-13-20(5)21(6)16-23(22(7)25-9)26-15-14-24-8/h12-13,16-18H,4-7,10-11,14-15H2,1-3,8-9H3/b13-12-,23-16+. The van der Waals surface area contributed by atoms with Crippen LogP contribution >= 0.6 is 0 Å². The van der Waals surface area contributed by atoms with E-state index in [-0.39, 0.29) is 0 Å². The van der Waals surface area contributed by atoms with E-state index in [2.05, 4.69) is 47.1 Å². The maximum absolute atomic E-state index is 5.64. The van der Waals surface area contributed by atoms with E-state index < -0.39 is 0 Å². The van der Waals surface area contributed by atoms with E-state index in [1.807, 2.05) is 12.2 Å². The van der Waals surface area contributed by atoms with E-state index in [4.69, 9.17) is 14.2 Å². The van der Waals surface area contributed by atoms with Crippen LogP contribution < -0.4 is 0 Å². The number of allylic oxidation sites excluding steroid dienone is 6. The second-order valence-electron chi connectivity index (χ2n) is 6.81. The summed E-state index contributed by atoms with van der Waals surface area (Å²) >= 11 is 0. The van der Waals surface area contributed by atoms with Crippen molar-refractivity contribution in [2.75, 3.05) is 27.4 Å². The third kappa shape index (κ3) is 10.1. The van der Waals surface area contributed by atoms with E-state index in [9.17, 15) is 0 Å². The molecule has 0 spiro atoms. The fraction of sp³-hybridized carbons (Fsp3) is 0.478. The highest BCUT2D eigenvalue weighted by molar-refractivity contribution is 5.46. The fourth-order valence-electron chi connectivity index (χ4n) is 2.04. The molecule has 1 unspecified atom stereocenters. The normalized spacial score (nSPS) is 12.9. The lowest BCUT2D eigenvalue weighted by molar-refractivity contribution is 0.102. The summed E-state index contributed by atoms with van der Waals surface area (Å²) in [5.74, 6) is 2.12. The Kier molecular flexibility index (Phi) is 12.2. The topological polar surface area (TPSA) is 27.7 Å². The summed E-state index contributed by atoms with van der Waals surface area (Å²) in [5, 5.41) is 0. The minimum absolute atomic E-state index is 0.407. The number of hydrogen-bond donors (Lipinski definition) is 0. The van der Waals surface area contributed by atoms with Gasteiger partial charge < -0.3 is 14.2 Å². The molecule has 0 amide bonds. The van der Waals surface area contributed by atoms with E-state index >= 15 is 0 Å². The third-order valence-electron chi connectivity index (χ3n) is 4.09. The first-order valence-corrected chi connectivity index (χ1v) is 9.04. The van der Waals surface area contributed by atoms with Crippen LogP contribution in [-0.4, -0.2) is 27.4 Å². The molecule has 0 aliphatic rings. The summed E-state index contributed by atoms with van der Waals surface area (Å²) in [4.78, 5) is 0. The maximum atomic E-state index is 5.64. The van der Waals surface area contributed by atoms with E-state index in [0.717, 1.165) is 23.1 Å². The molecular weight excluding hydrogens is 324 g/mol. The minimum Gasteiger partial charge on any atom is -0.493 e. The van der Waals surface area contributed by atoms with Gasteiger partial charge in [-0.1, -0.05) is 71.2 Å². The zero-order valence-corrected chi connectivity index (χ0v) is 17.3. The molecule has 3 heteroatoms. The molecule has 0 fully saturated rings. The van der Waals surface area contributed by atoms with Gasteiger partial charge in [-0.15, -0.1) is 0 Å². The van der Waals surface area contributed by atoms with Crippen LogP contribution in [0.1, 0.15) is 33.6 Å². The van der Waals surface area contributed by atoms with Gasteiger partial charge in [0.1, 0.15) is 6.61 Å². The molecule has 0 rings (SSSR count). The molecule has 0 heterocycles. The number of methoxy groups -OCH3 is 2. The van der Waals surface area contributed by atoms with Crippen LogP contribution in [0.2, 0.25) is 0 Å². The molecule has 0 bridgehead atoms. The summed E-state index contributed by atoms with van der Waals surface area (Å²) in [6, 6.07) is 0. The van der Waals surface area contributed by atoms with Crippen LogP contribution in [0.3, 0.4) is 0 Å². The zero-order chi connectivity index (χ0) is 20.1. The van der Waals surface area contributed by atoms with Gasteiger partial charge in [0.2, 0.25) is 0 Å². The third-order valence-corrected chi connectivity index (χ3v) is 4.09. The number of ether oxygens (including phenoxy) is 3. The first-order valence-electron chi connectivity index (χ1n) is 9.04. The molecule has 26 heavy (non-hydrogen) atoms. The molecule has 0 aliphatic heterocycles. The van der Waals surface area contributed by atoms with Crippen LogP contribution in [0.5, 0.6) is 0 Å². The van der Waals surface area contributed by atoms with Crippen LogP contribution in [0.4, 0.5) is 0 Å². The Morgan fingerprint density at radius 2 is 1.54 bits per heavy atom. The van der Waals surface area contributed by atoms with Crippen molar-refractivity contribution >= 4 is 0 Å². The molecule has 1 atom stereocenters. The van der Waals surface area contributed by atoms with Gasteiger partial charge in [0, 0.05) is 7.11 Å². The van der Waals surface area contributed by atoms with Crippen molar-refractivity contribution in [3.8, 4) is 0 Å². The lowest BCUT2D eigenvalue weighted by Crippen LogP contribution is -2.04. The molecule has 0 aromatic carbocycles. The Morgan fingerprint density at radius 1 is 0.885 bits per heavy atom. The first kappa shape index (κ1) is 24.0. The van der Waals surface area contributed by atoms with Crippen molar-refractivity contribution < 1.29 is 14.2 Å². The maximum Gasteiger partial charge on any atom is 0.161 e. The zero-order valence-electron chi connectivity index (χ0n) is 17.3. The summed E-state index contributed by atoms with van der Waals surface area (Å²) in [7, 11) is 3.17. The van der Waals surface area contributed by atoms with E-state index in [0.29, 0.717) is 36.6 Å². The van der Waals surface area contributed by atoms with Crippen molar-refractivity contribution in [1.29, 1.82) is 0 Å². The van der Waals surface area contributed by atoms with E-state index in [1.165, 1.54) is 6.42 Å². The molecular formula is C23H36O3. The molecule has 0 aromatic heterocycles. The molecule has 3 nitrogen and oxygen atoms in total. The predicted molar refractivity (Wildman–Crippen MR) is 112 cm³/mol. The van der Waals surface area contributed by atoms with Crippen LogP contribution in [0.25, 0.3) is 0 Å². The molecule has 146 valence electrons. The largest absolute Gasteiger partial charge is 0.493 e. The minimum atomic E-state index is 0.407. The number of hydrogen-bond acceptors (Lipinski definition) is 3. The van der Waals surface area contributed by atoms with Crippen molar-refractivity contribution in [2.45, 2.75) is 33.6 Å². The van der Waals surface area contributed by atoms with Gasteiger partial charge in [-0.25, -0.2) is 0 Å². The van der Waals surface area contributed by atoms with Gasteiger partial charge in [-0.2, -0.15) is 0 Å². The first-order chi connectivity index (χ1) is 12.2. The number of rotatable bonds is 14.